The topological polar surface area (TPSA) is 23.6 Å². The Kier molecular flexibility index (Phi) is 4.68. The van der Waals surface area contributed by atoms with Crippen LogP contribution in [0.4, 0.5) is 11.4 Å². The lowest BCUT2D eigenvalue weighted by atomic mass is 9.88. The average molecular weight is 407 g/mol. The molecule has 2 aromatic carbocycles. The van der Waals surface area contributed by atoms with Crippen molar-refractivity contribution in [1.29, 1.82) is 0 Å². The van der Waals surface area contributed by atoms with Crippen LogP contribution in [0.2, 0.25) is 0 Å². The number of likely N-dealkylation sites (N-methyl/N-ethyl adjacent to an activating group) is 1. The molecule has 0 saturated carbocycles. The number of allylic oxidation sites excluding steroid dienone is 1. The highest BCUT2D eigenvalue weighted by atomic mass is 32.2. The maximum atomic E-state index is 12.9. The minimum absolute atomic E-state index is 0.0172. The second-order valence-corrected chi connectivity index (χ2v) is 9.35. The van der Waals surface area contributed by atoms with Crippen LogP contribution in [0, 0.1) is 0 Å². The summed E-state index contributed by atoms with van der Waals surface area (Å²) in [5, 5.41) is 0. The number of thiocarbonyl (C=S) groups is 1. The van der Waals surface area contributed by atoms with Gasteiger partial charge < -0.3 is 4.90 Å². The molecule has 28 heavy (non-hydrogen) atoms. The zero-order valence-corrected chi connectivity index (χ0v) is 18.0. The van der Waals surface area contributed by atoms with Crippen LogP contribution >= 0.6 is 24.0 Å². The third-order valence-corrected chi connectivity index (χ3v) is 6.65. The Balaban J connectivity index is 1.69. The van der Waals surface area contributed by atoms with Gasteiger partial charge in [-0.15, -0.1) is 0 Å². The number of nitrogens with zero attached hydrogens (tertiary/aromatic N) is 2. The van der Waals surface area contributed by atoms with Crippen molar-refractivity contribution in [3.05, 3.63) is 70.6 Å². The molecule has 1 amide bonds. The molecule has 2 aliphatic heterocycles. The maximum Gasteiger partial charge on any atom is 0.270 e. The zero-order chi connectivity index (χ0) is 20.1. The maximum absolute atomic E-state index is 12.9. The van der Waals surface area contributed by atoms with Gasteiger partial charge in [0, 0.05) is 18.3 Å². The van der Waals surface area contributed by atoms with Crippen molar-refractivity contribution in [2.75, 3.05) is 16.8 Å². The first-order chi connectivity index (χ1) is 13.3. The van der Waals surface area contributed by atoms with E-state index in [1.807, 2.05) is 36.4 Å². The van der Waals surface area contributed by atoms with E-state index in [9.17, 15) is 4.79 Å². The predicted octanol–water partition coefficient (Wildman–Crippen LogP) is 5.72. The third-order valence-electron chi connectivity index (χ3n) is 5.35. The third kappa shape index (κ3) is 3.19. The Morgan fingerprint density at radius 3 is 2.54 bits per heavy atom. The van der Waals surface area contributed by atoms with Gasteiger partial charge in [-0.05, 0) is 62.2 Å². The predicted molar refractivity (Wildman–Crippen MR) is 125 cm³/mol. The van der Waals surface area contributed by atoms with Crippen LogP contribution < -0.4 is 9.80 Å². The monoisotopic (exact) mass is 406 g/mol. The highest BCUT2D eigenvalue weighted by Crippen LogP contribution is 2.40. The number of hydrogen-bond acceptors (Lipinski definition) is 4. The quantitative estimate of drug-likeness (QED) is 0.470. The standard InChI is InChI=1S/C23H22N2OS2/c1-15-14-23(2,3)24(4)19-11-10-16(12-18(15)19)13-20-21(26)25(22(27)28-20)17-8-6-5-7-9-17/h5-14H,1-4H3/b20-13+. The summed E-state index contributed by atoms with van der Waals surface area (Å²) >= 11 is 6.81. The fraction of sp³-hybridized carbons (Fsp3) is 0.217. The first-order valence-corrected chi connectivity index (χ1v) is 10.4. The summed E-state index contributed by atoms with van der Waals surface area (Å²) in [4.78, 5) is 17.5. The van der Waals surface area contributed by atoms with Crippen LogP contribution in [0.5, 0.6) is 0 Å². The van der Waals surface area contributed by atoms with E-state index in [0.29, 0.717) is 9.23 Å². The van der Waals surface area contributed by atoms with Gasteiger partial charge in [0.25, 0.3) is 5.91 Å². The van der Waals surface area contributed by atoms with Crippen molar-refractivity contribution in [1.82, 2.24) is 0 Å². The molecule has 2 heterocycles. The minimum Gasteiger partial charge on any atom is -0.366 e. The second kappa shape index (κ2) is 6.90. The van der Waals surface area contributed by atoms with E-state index in [-0.39, 0.29) is 11.4 Å². The molecule has 2 aliphatic rings. The summed E-state index contributed by atoms with van der Waals surface area (Å²) in [5.41, 5.74) is 5.46. The summed E-state index contributed by atoms with van der Waals surface area (Å²) in [7, 11) is 2.12. The number of fused-ring (bicyclic) bond motifs is 1. The number of anilines is 2. The Bertz CT molecular complexity index is 1040. The molecule has 2 aromatic rings. The van der Waals surface area contributed by atoms with Crippen LogP contribution in [0.3, 0.4) is 0 Å². The number of carbonyl (C=O) groups is 1. The zero-order valence-electron chi connectivity index (χ0n) is 16.4. The molecule has 0 unspecified atom stereocenters. The Hall–Kier alpha value is -2.37. The van der Waals surface area contributed by atoms with Gasteiger partial charge in [-0.2, -0.15) is 0 Å². The lowest BCUT2D eigenvalue weighted by Crippen LogP contribution is -2.42. The lowest BCUT2D eigenvalue weighted by molar-refractivity contribution is -0.113. The van der Waals surface area contributed by atoms with Gasteiger partial charge >= 0.3 is 0 Å². The highest BCUT2D eigenvalue weighted by molar-refractivity contribution is 8.27. The van der Waals surface area contributed by atoms with E-state index in [1.165, 1.54) is 28.6 Å². The summed E-state index contributed by atoms with van der Waals surface area (Å²) in [6, 6.07) is 15.9. The molecular formula is C23H22N2OS2. The molecule has 0 atom stereocenters. The SMILES string of the molecule is CC1=CC(C)(C)N(C)c2ccc(/C=C3/SC(=S)N(c4ccccc4)C3=O)cc21. The molecule has 0 bridgehead atoms. The van der Waals surface area contributed by atoms with E-state index in [0.717, 1.165) is 11.3 Å². The van der Waals surface area contributed by atoms with Crippen molar-refractivity contribution in [3.8, 4) is 0 Å². The number of thioether (sulfide) groups is 1. The first kappa shape index (κ1) is 19.0. The van der Waals surface area contributed by atoms with E-state index >= 15 is 0 Å². The smallest absolute Gasteiger partial charge is 0.270 e. The molecule has 142 valence electrons. The largest absolute Gasteiger partial charge is 0.366 e. The fourth-order valence-electron chi connectivity index (χ4n) is 3.69. The number of benzene rings is 2. The summed E-state index contributed by atoms with van der Waals surface area (Å²) < 4.78 is 0.568. The lowest BCUT2D eigenvalue weighted by Gasteiger charge is -2.40. The average Bonchev–Trinajstić information content (AvgIpc) is 2.93. The van der Waals surface area contributed by atoms with Gasteiger partial charge in [0.2, 0.25) is 0 Å². The van der Waals surface area contributed by atoms with Crippen LogP contribution in [0.25, 0.3) is 11.6 Å². The van der Waals surface area contributed by atoms with E-state index < -0.39 is 0 Å². The normalized spacial score (nSPS) is 19.9. The van der Waals surface area contributed by atoms with Gasteiger partial charge in [0.15, 0.2) is 4.32 Å². The minimum atomic E-state index is -0.0653. The number of rotatable bonds is 2. The number of hydrogen-bond donors (Lipinski definition) is 0. The van der Waals surface area contributed by atoms with Gasteiger partial charge in [0.1, 0.15) is 0 Å². The Morgan fingerprint density at radius 2 is 1.82 bits per heavy atom. The van der Waals surface area contributed by atoms with Crippen molar-refractivity contribution in [2.24, 2.45) is 0 Å². The second-order valence-electron chi connectivity index (χ2n) is 7.67. The molecule has 5 heteroatoms. The van der Waals surface area contributed by atoms with E-state index in [2.05, 4.69) is 57.0 Å². The summed E-state index contributed by atoms with van der Waals surface area (Å²) in [5.74, 6) is -0.0653. The van der Waals surface area contributed by atoms with Crippen LogP contribution in [-0.4, -0.2) is 22.8 Å². The Labute approximate surface area is 175 Å². The van der Waals surface area contributed by atoms with E-state index in [1.54, 1.807) is 4.90 Å². The number of carbonyl (C=O) groups excluding carboxylic acids is 1. The van der Waals surface area contributed by atoms with Gasteiger partial charge in [-0.3, -0.25) is 9.69 Å². The molecule has 0 spiro atoms. The molecule has 0 aliphatic carbocycles. The van der Waals surface area contributed by atoms with Crippen LogP contribution in [0.1, 0.15) is 31.9 Å². The van der Waals surface area contributed by atoms with Crippen molar-refractivity contribution >= 4 is 57.2 Å². The molecule has 3 nitrogen and oxygen atoms in total. The molecule has 4 rings (SSSR count). The van der Waals surface area contributed by atoms with Crippen molar-refractivity contribution in [2.45, 2.75) is 26.3 Å². The summed E-state index contributed by atoms with van der Waals surface area (Å²) in [6.45, 7) is 6.57. The molecule has 0 radical (unpaired) electrons. The molecule has 0 N–H and O–H groups in total. The van der Waals surface area contributed by atoms with Gasteiger partial charge in [0.05, 0.1) is 16.1 Å². The molecular weight excluding hydrogens is 384 g/mol. The molecule has 0 aromatic heterocycles. The fourth-order valence-corrected chi connectivity index (χ4v) is 4.98. The molecule has 1 fully saturated rings. The van der Waals surface area contributed by atoms with E-state index in [4.69, 9.17) is 12.2 Å². The first-order valence-electron chi connectivity index (χ1n) is 9.19. The highest BCUT2D eigenvalue weighted by Gasteiger charge is 2.33. The van der Waals surface area contributed by atoms with Crippen LogP contribution in [0.15, 0.2) is 59.5 Å². The Morgan fingerprint density at radius 1 is 1.11 bits per heavy atom. The van der Waals surface area contributed by atoms with Gasteiger partial charge in [-0.25, -0.2) is 0 Å². The number of amides is 1. The van der Waals surface area contributed by atoms with Crippen LogP contribution in [-0.2, 0) is 4.79 Å². The summed E-state index contributed by atoms with van der Waals surface area (Å²) in [6.07, 6.45) is 4.23. The van der Waals surface area contributed by atoms with Crippen molar-refractivity contribution < 1.29 is 4.79 Å². The number of para-hydroxylation sites is 1. The van der Waals surface area contributed by atoms with Gasteiger partial charge in [-0.1, -0.05) is 54.3 Å². The van der Waals surface area contributed by atoms with Crippen molar-refractivity contribution in [3.63, 3.8) is 0 Å². The molecule has 1 saturated heterocycles.